The van der Waals surface area contributed by atoms with E-state index in [0.29, 0.717) is 55.5 Å². The number of methoxy groups -OCH3 is 1. The number of benzene rings is 3. The van der Waals surface area contributed by atoms with Gasteiger partial charge in [-0.2, -0.15) is 0 Å². The number of allylic oxidation sites excluding steroid dienone is 1. The molecule has 8 N–H and O–H groups in total. The predicted molar refractivity (Wildman–Crippen MR) is 202 cm³/mol. The molecular weight excluding hydrogens is 768 g/mol. The van der Waals surface area contributed by atoms with E-state index in [1.165, 1.54) is 0 Å². The monoisotopic (exact) mass is 812 g/mol. The number of quaternary nitrogens is 1. The summed E-state index contributed by atoms with van der Waals surface area (Å²) in [6.45, 7) is 1.51. The maximum atomic E-state index is 12.3. The largest absolute Gasteiger partial charge is 0.550 e. The predicted octanol–water partition coefficient (Wildman–Crippen LogP) is -1.42. The molecule has 0 spiro atoms. The number of carboxylic acids is 1. The van der Waals surface area contributed by atoms with Crippen LogP contribution in [0.4, 0.5) is 0 Å². The van der Waals surface area contributed by atoms with Crippen molar-refractivity contribution >= 4 is 17.7 Å². The number of rotatable bonds is 10. The van der Waals surface area contributed by atoms with Crippen molar-refractivity contribution in [3.05, 3.63) is 100 Å². The van der Waals surface area contributed by atoms with Gasteiger partial charge in [0.2, 0.25) is 12.0 Å². The average Bonchev–Trinajstić information content (AvgIpc) is 3.91. The third-order valence-corrected chi connectivity index (χ3v) is 11.6. The van der Waals surface area contributed by atoms with Crippen LogP contribution < -0.4 is 45.2 Å². The number of hydrogen-bond acceptors (Lipinski definition) is 16. The van der Waals surface area contributed by atoms with Gasteiger partial charge in [-0.05, 0) is 29.3 Å². The first-order valence-electron chi connectivity index (χ1n) is 19.4. The minimum Gasteiger partial charge on any atom is -0.550 e. The average molecular weight is 813 g/mol. The summed E-state index contributed by atoms with van der Waals surface area (Å²) >= 11 is 0. The zero-order chi connectivity index (χ0) is 41.1. The van der Waals surface area contributed by atoms with Crippen LogP contribution in [0.3, 0.4) is 0 Å². The molecule has 1 saturated heterocycles. The van der Waals surface area contributed by atoms with E-state index in [-0.39, 0.29) is 11.7 Å². The van der Waals surface area contributed by atoms with Crippen LogP contribution in [0.2, 0.25) is 0 Å². The lowest BCUT2D eigenvalue weighted by molar-refractivity contribution is -0.848. The van der Waals surface area contributed by atoms with Crippen molar-refractivity contribution < 1.29 is 68.1 Å². The summed E-state index contributed by atoms with van der Waals surface area (Å²) < 4.78 is 43.5. The highest BCUT2D eigenvalue weighted by Crippen LogP contribution is 2.59. The second kappa shape index (κ2) is 15.6. The van der Waals surface area contributed by atoms with Crippen molar-refractivity contribution in [2.24, 2.45) is 16.5 Å². The fraction of sp³-hybridized carbons (Fsp3) is 0.405. The molecular formula is C42H44N4O13. The molecule has 0 aliphatic carbocycles. The minimum absolute atomic E-state index is 0.174. The number of carbonyl (C=O) groups is 2. The SMILES string of the molecule is COc1c2ccc3c1O[C@@H]1c4c(C[NH+]5C=C6C=CN=C6C5)cc(O[C@H]5O[C@H]([C@H](OC(=O)CC(=O)[O-])C(N)N)[C@@H](O)[C@H](O)[C@H]5O)cc4O[C@@H](Cc4ccc(cc4)CCO2)[C@@H]31. The molecule has 1 unspecified atom stereocenters. The van der Waals surface area contributed by atoms with Gasteiger partial charge in [-0.3, -0.25) is 14.7 Å². The van der Waals surface area contributed by atoms with Gasteiger partial charge in [0.05, 0.1) is 43.8 Å². The van der Waals surface area contributed by atoms with Crippen molar-refractivity contribution in [2.75, 3.05) is 20.3 Å². The molecule has 59 heavy (non-hydrogen) atoms. The molecule has 310 valence electrons. The number of nitrogens with zero attached hydrogens (tertiary/aromatic N) is 1. The maximum absolute atomic E-state index is 12.3. The standard InChI is InChI=1S/C42H44N4O13/c1-53-37-26-7-6-24-32-27(12-20-4-2-19(3-5-20)9-11-54-26)56-28-14-23(13-22(31(28)38(32)58-36(24)37)17-46-16-21-8-10-45-25(21)18-46)55-42-35(52)33(50)34(51)39(59-42)40(41(43)44)57-30(49)15-29(47)48/h2-8,10,13-14,16,27,32-35,38-42,50-52H,9,11-12,15,17-18,43-44H2,1H3,(H,47,48)/t27-,32+,33-,34-,35+,38+,39-,40-,42-/m0/s1. The molecule has 9 aliphatic heterocycles. The fourth-order valence-corrected chi connectivity index (χ4v) is 8.85. The van der Waals surface area contributed by atoms with Gasteiger partial charge in [-0.15, -0.1) is 0 Å². The molecule has 9 heterocycles. The third kappa shape index (κ3) is 7.28. The zero-order valence-electron chi connectivity index (χ0n) is 31.9. The lowest BCUT2D eigenvalue weighted by Crippen LogP contribution is -3.05. The molecule has 17 nitrogen and oxygen atoms in total. The molecule has 1 fully saturated rings. The van der Waals surface area contributed by atoms with Crippen molar-refractivity contribution in [1.82, 2.24) is 0 Å². The lowest BCUT2D eigenvalue weighted by atomic mass is 9.80. The summed E-state index contributed by atoms with van der Waals surface area (Å²) in [7, 11) is 1.59. The van der Waals surface area contributed by atoms with Crippen LogP contribution >= 0.6 is 0 Å². The number of aliphatic hydroxyl groups excluding tert-OH is 3. The van der Waals surface area contributed by atoms with Crippen LogP contribution in [0.1, 0.15) is 46.3 Å². The van der Waals surface area contributed by atoms with E-state index in [2.05, 4.69) is 35.5 Å². The minimum atomic E-state index is -1.89. The molecule has 10 atom stereocenters. The zero-order valence-corrected chi connectivity index (χ0v) is 31.9. The number of aliphatic carboxylic acids is 1. The summed E-state index contributed by atoms with van der Waals surface area (Å²) in [5.74, 6) is -0.968. The Balaban J connectivity index is 1.11. The molecule has 17 heteroatoms. The number of ether oxygens (including phenoxy) is 7. The second-order valence-electron chi connectivity index (χ2n) is 15.5. The van der Waals surface area contributed by atoms with Crippen LogP contribution in [0, 0.1) is 0 Å². The Hall–Kier alpha value is -5.53. The Labute approximate surface area is 338 Å². The molecule has 9 aliphatic rings. The second-order valence-corrected chi connectivity index (χ2v) is 15.5. The Morgan fingerprint density at radius 1 is 1.02 bits per heavy atom. The van der Waals surface area contributed by atoms with Gasteiger partial charge in [0, 0.05) is 41.8 Å². The van der Waals surface area contributed by atoms with E-state index >= 15 is 0 Å². The quantitative estimate of drug-likeness (QED) is 0.0782. The Morgan fingerprint density at radius 2 is 1.81 bits per heavy atom. The Bertz CT molecular complexity index is 2240. The topological polar surface area (TPSA) is 251 Å². The highest BCUT2D eigenvalue weighted by Gasteiger charge is 2.52. The van der Waals surface area contributed by atoms with Gasteiger partial charge < -0.3 is 69.8 Å². The van der Waals surface area contributed by atoms with E-state index < -0.39 is 73.5 Å². The van der Waals surface area contributed by atoms with Crippen LogP contribution in [-0.4, -0.2) is 102 Å². The number of hydrogen-bond donors (Lipinski definition) is 6. The highest BCUT2D eigenvalue weighted by molar-refractivity contribution is 6.06. The summed E-state index contributed by atoms with van der Waals surface area (Å²) in [5.41, 5.74) is 18.4. The van der Waals surface area contributed by atoms with Gasteiger partial charge >= 0.3 is 5.97 Å². The van der Waals surface area contributed by atoms with E-state index in [0.717, 1.165) is 44.0 Å². The van der Waals surface area contributed by atoms with Gasteiger partial charge in [-0.25, -0.2) is 0 Å². The van der Waals surface area contributed by atoms with Gasteiger partial charge in [0.15, 0.2) is 17.6 Å². The van der Waals surface area contributed by atoms with Crippen molar-refractivity contribution in [1.29, 1.82) is 0 Å². The summed E-state index contributed by atoms with van der Waals surface area (Å²) in [6, 6.07) is 15.7. The number of nitrogens with one attached hydrogen (secondary N) is 1. The highest BCUT2D eigenvalue weighted by atomic mass is 16.7. The molecule has 0 radical (unpaired) electrons. The van der Waals surface area contributed by atoms with Crippen LogP contribution in [-0.2, 0) is 38.4 Å². The molecule has 3 aromatic rings. The molecule has 0 amide bonds. The van der Waals surface area contributed by atoms with Gasteiger partial charge in [0.25, 0.3) is 0 Å². The first-order chi connectivity index (χ1) is 28.4. The first-order valence-corrected chi connectivity index (χ1v) is 19.4. The maximum Gasteiger partial charge on any atom is 0.311 e. The van der Waals surface area contributed by atoms with Crippen LogP contribution in [0.25, 0.3) is 0 Å². The Kier molecular flexibility index (Phi) is 10.3. The number of aliphatic imine (C=N–C) groups is 1. The lowest BCUT2D eigenvalue weighted by Gasteiger charge is -2.43. The normalized spacial score (nSPS) is 29.0. The third-order valence-electron chi connectivity index (χ3n) is 11.6. The van der Waals surface area contributed by atoms with E-state index in [4.69, 9.17) is 44.6 Å². The molecule has 12 rings (SSSR count). The number of carboxylic acid groups (broad SMARTS) is 1. The van der Waals surface area contributed by atoms with Crippen molar-refractivity contribution in [2.45, 2.75) is 86.9 Å². The number of nitrogens with two attached hydrogens (primary N) is 2. The number of carbonyl (C=O) groups excluding carboxylic acids is 2. The molecule has 0 aromatic heterocycles. The number of aliphatic hydroxyl groups is 3. The summed E-state index contributed by atoms with van der Waals surface area (Å²) in [4.78, 5) is 28.9. The smallest absolute Gasteiger partial charge is 0.311 e. The van der Waals surface area contributed by atoms with Gasteiger partial charge in [0.1, 0.15) is 73.1 Å². The molecule has 6 bridgehead atoms. The van der Waals surface area contributed by atoms with Crippen LogP contribution in [0.15, 0.2) is 77.6 Å². The van der Waals surface area contributed by atoms with E-state index in [1.54, 1.807) is 25.4 Å². The summed E-state index contributed by atoms with van der Waals surface area (Å²) in [6.07, 6.45) is -7.04. The number of esters is 1. The fourth-order valence-electron chi connectivity index (χ4n) is 8.85. The summed E-state index contributed by atoms with van der Waals surface area (Å²) in [5, 5.41) is 44.1. The van der Waals surface area contributed by atoms with Crippen LogP contribution in [0.5, 0.6) is 28.7 Å². The van der Waals surface area contributed by atoms with Gasteiger partial charge in [-0.1, -0.05) is 30.3 Å². The van der Waals surface area contributed by atoms with Crippen molar-refractivity contribution in [3.63, 3.8) is 0 Å². The van der Waals surface area contributed by atoms with E-state index in [9.17, 15) is 30.0 Å². The first kappa shape index (κ1) is 39.0. The number of fused-ring (bicyclic) bond motifs is 3. The molecule has 3 aromatic carbocycles. The molecule has 0 saturated carbocycles. The Morgan fingerprint density at radius 3 is 2.56 bits per heavy atom. The van der Waals surface area contributed by atoms with E-state index in [1.807, 2.05) is 18.2 Å². The van der Waals surface area contributed by atoms with Crippen molar-refractivity contribution in [3.8, 4) is 28.7 Å².